The highest BCUT2D eigenvalue weighted by atomic mass is 16.5. The Morgan fingerprint density at radius 3 is 2.24 bits per heavy atom. The zero-order valence-electron chi connectivity index (χ0n) is 28.1. The van der Waals surface area contributed by atoms with Gasteiger partial charge in [-0.15, -0.1) is 0 Å². The van der Waals surface area contributed by atoms with Crippen LogP contribution in [0.25, 0.3) is 0 Å². The number of aliphatic hydroxyl groups excluding tert-OH is 1. The second kappa shape index (κ2) is 17.1. The van der Waals surface area contributed by atoms with E-state index in [1.54, 1.807) is 30.8 Å². The van der Waals surface area contributed by atoms with Gasteiger partial charge in [-0.1, -0.05) is 39.8 Å². The summed E-state index contributed by atoms with van der Waals surface area (Å²) in [4.78, 5) is 56.2. The number of aliphatic hydroxyl groups is 1. The normalized spacial score (nSPS) is 22.5. The zero-order valence-corrected chi connectivity index (χ0v) is 28.1. The molecule has 13 heteroatoms. The van der Waals surface area contributed by atoms with Crippen LogP contribution in [-0.4, -0.2) is 94.4 Å². The fraction of sp³-hybridized carbons (Fsp3) is 0.606. The topological polar surface area (TPSA) is 167 Å². The molecule has 2 heterocycles. The smallest absolute Gasteiger partial charge is 0.243 e. The Hall–Kier alpha value is -3.97. The summed E-state index contributed by atoms with van der Waals surface area (Å²) in [6.07, 6.45) is 2.38. The van der Waals surface area contributed by atoms with Crippen molar-refractivity contribution < 1.29 is 29.0 Å². The van der Waals surface area contributed by atoms with Crippen LogP contribution in [0.1, 0.15) is 57.9 Å². The molecule has 1 aromatic carbocycles. The van der Waals surface area contributed by atoms with Gasteiger partial charge in [0.1, 0.15) is 23.9 Å². The van der Waals surface area contributed by atoms with Crippen LogP contribution in [0.15, 0.2) is 30.5 Å². The highest BCUT2D eigenvalue weighted by molar-refractivity contribution is 5.94. The maximum atomic E-state index is 13.7. The first kappa shape index (κ1) is 36.5. The van der Waals surface area contributed by atoms with Gasteiger partial charge in [-0.25, -0.2) is 0 Å². The fourth-order valence-corrected chi connectivity index (χ4v) is 5.37. The number of nitrogens with one attached hydrogen (secondary N) is 4. The molecule has 1 saturated heterocycles. The molecule has 5 N–H and O–H groups in total. The van der Waals surface area contributed by atoms with E-state index in [1.807, 2.05) is 57.8 Å². The Morgan fingerprint density at radius 1 is 0.957 bits per heavy atom. The zero-order chi connectivity index (χ0) is 34.0. The van der Waals surface area contributed by atoms with Gasteiger partial charge >= 0.3 is 0 Å². The van der Waals surface area contributed by atoms with Crippen molar-refractivity contribution in [3.05, 3.63) is 47.3 Å². The monoisotopic (exact) mass is 641 g/mol. The Kier molecular flexibility index (Phi) is 13.6. The molecular formula is C33H51N7O6. The van der Waals surface area contributed by atoms with Gasteiger partial charge in [-0.05, 0) is 49.8 Å². The second-order valence-corrected chi connectivity index (χ2v) is 12.8. The molecule has 0 saturated carbocycles. The summed E-state index contributed by atoms with van der Waals surface area (Å²) in [6.45, 7) is 12.3. The van der Waals surface area contributed by atoms with Crippen LogP contribution in [0.3, 0.4) is 0 Å². The molecule has 46 heavy (non-hydrogen) atoms. The summed E-state index contributed by atoms with van der Waals surface area (Å²) in [5.41, 5.74) is 2.44. The van der Waals surface area contributed by atoms with Crippen molar-refractivity contribution in [2.24, 2.45) is 11.8 Å². The lowest BCUT2D eigenvalue weighted by atomic mass is 10.0. The molecule has 0 unspecified atom stereocenters. The lowest BCUT2D eigenvalue weighted by molar-refractivity contribution is -0.133. The van der Waals surface area contributed by atoms with Gasteiger partial charge in [0.15, 0.2) is 0 Å². The van der Waals surface area contributed by atoms with Gasteiger partial charge in [-0.2, -0.15) is 5.10 Å². The van der Waals surface area contributed by atoms with Crippen molar-refractivity contribution in [2.75, 3.05) is 26.8 Å². The maximum absolute atomic E-state index is 13.7. The van der Waals surface area contributed by atoms with E-state index in [9.17, 15) is 24.3 Å². The molecule has 1 fully saturated rings. The van der Waals surface area contributed by atoms with Gasteiger partial charge in [0, 0.05) is 37.3 Å². The highest BCUT2D eigenvalue weighted by Crippen LogP contribution is 2.16. The average molecular weight is 642 g/mol. The van der Waals surface area contributed by atoms with E-state index in [2.05, 4.69) is 26.4 Å². The second-order valence-electron chi connectivity index (χ2n) is 12.8. The molecule has 1 aliphatic rings. The van der Waals surface area contributed by atoms with Crippen LogP contribution in [0.5, 0.6) is 5.75 Å². The SMILES string of the molecule is COc1ccc(C[C@@H]2NC(=O)[C@H](CC(C)C)NC(=O)CN(Cc3cn(CCO)nc3C)C[C@H](C(C)C)NC(=O)[C@@H](C)NC2=O)cc1. The van der Waals surface area contributed by atoms with Crippen LogP contribution < -0.4 is 26.0 Å². The fourth-order valence-electron chi connectivity index (χ4n) is 5.37. The number of hydrogen-bond donors (Lipinski definition) is 5. The molecule has 0 bridgehead atoms. The van der Waals surface area contributed by atoms with E-state index in [0.29, 0.717) is 31.8 Å². The molecular weight excluding hydrogens is 590 g/mol. The molecule has 4 amide bonds. The minimum atomic E-state index is -0.997. The average Bonchev–Trinajstić information content (AvgIpc) is 3.33. The Bertz CT molecular complexity index is 1330. The number of amides is 4. The standard InChI is InChI=1S/C33H51N7O6/c1-20(2)14-27-33(45)36-28(15-24-8-10-26(46-7)11-9-24)32(44)34-23(6)31(43)37-29(21(3)4)18-39(19-30(42)35-27)16-25-17-40(12-13-41)38-22(25)5/h8-11,17,20-21,23,27-29,41H,12-16,18-19H2,1-7H3,(H,34,44)(H,35,42)(H,36,45)(H,37,43)/t23-,27+,28+,29-/m1/s1. The lowest BCUT2D eigenvalue weighted by Gasteiger charge is -2.31. The molecule has 1 aliphatic heterocycles. The molecule has 1 aromatic heterocycles. The van der Waals surface area contributed by atoms with Gasteiger partial charge in [0.05, 0.1) is 32.5 Å². The third-order valence-corrected chi connectivity index (χ3v) is 8.07. The minimum Gasteiger partial charge on any atom is -0.497 e. The summed E-state index contributed by atoms with van der Waals surface area (Å²) < 4.78 is 6.90. The molecule has 0 radical (unpaired) electrons. The number of carbonyl (C=O) groups excluding carboxylic acids is 4. The number of carbonyl (C=O) groups is 4. The van der Waals surface area contributed by atoms with Crippen molar-refractivity contribution in [1.82, 2.24) is 35.9 Å². The van der Waals surface area contributed by atoms with E-state index in [-0.39, 0.29) is 49.3 Å². The van der Waals surface area contributed by atoms with Gasteiger partial charge in [0.25, 0.3) is 0 Å². The summed E-state index contributed by atoms with van der Waals surface area (Å²) in [6, 6.07) is 4.07. The van der Waals surface area contributed by atoms with E-state index in [0.717, 1.165) is 16.8 Å². The lowest BCUT2D eigenvalue weighted by Crippen LogP contribution is -2.57. The summed E-state index contributed by atoms with van der Waals surface area (Å²) >= 11 is 0. The van der Waals surface area contributed by atoms with Gasteiger partial charge in [0.2, 0.25) is 23.6 Å². The van der Waals surface area contributed by atoms with E-state index >= 15 is 0 Å². The summed E-state index contributed by atoms with van der Waals surface area (Å²) in [5, 5.41) is 25.4. The van der Waals surface area contributed by atoms with Crippen molar-refractivity contribution in [3.8, 4) is 5.75 Å². The Balaban J connectivity index is 1.96. The van der Waals surface area contributed by atoms with E-state index in [4.69, 9.17) is 4.74 Å². The van der Waals surface area contributed by atoms with Crippen LogP contribution >= 0.6 is 0 Å². The predicted molar refractivity (Wildman–Crippen MR) is 174 cm³/mol. The van der Waals surface area contributed by atoms with Crippen LogP contribution in [0, 0.1) is 18.8 Å². The number of ether oxygens (including phenoxy) is 1. The third kappa shape index (κ3) is 10.8. The van der Waals surface area contributed by atoms with E-state index < -0.39 is 29.9 Å². The summed E-state index contributed by atoms with van der Waals surface area (Å²) in [7, 11) is 1.56. The minimum absolute atomic E-state index is 0.00561. The number of methoxy groups -OCH3 is 1. The maximum Gasteiger partial charge on any atom is 0.243 e. The Morgan fingerprint density at radius 2 is 1.63 bits per heavy atom. The van der Waals surface area contributed by atoms with Crippen molar-refractivity contribution in [3.63, 3.8) is 0 Å². The number of rotatable bonds is 10. The van der Waals surface area contributed by atoms with Crippen molar-refractivity contribution in [1.29, 1.82) is 0 Å². The van der Waals surface area contributed by atoms with Crippen LogP contribution in [0.4, 0.5) is 0 Å². The molecule has 4 atom stereocenters. The van der Waals surface area contributed by atoms with Crippen molar-refractivity contribution >= 4 is 23.6 Å². The molecule has 3 rings (SSSR count). The highest BCUT2D eigenvalue weighted by Gasteiger charge is 2.32. The number of hydrogen-bond acceptors (Lipinski definition) is 8. The Labute approximate surface area is 271 Å². The molecule has 254 valence electrons. The molecule has 2 aromatic rings. The number of aryl methyl sites for hydroxylation is 1. The van der Waals surface area contributed by atoms with Gasteiger partial charge < -0.3 is 31.1 Å². The quantitative estimate of drug-likeness (QED) is 0.255. The van der Waals surface area contributed by atoms with Crippen LogP contribution in [-0.2, 0) is 38.7 Å². The molecule has 0 aliphatic carbocycles. The number of benzene rings is 1. The van der Waals surface area contributed by atoms with E-state index in [1.165, 1.54) is 0 Å². The first-order valence-electron chi connectivity index (χ1n) is 16.0. The third-order valence-electron chi connectivity index (χ3n) is 8.07. The molecule has 13 nitrogen and oxygen atoms in total. The molecule has 0 spiro atoms. The summed E-state index contributed by atoms with van der Waals surface area (Å²) in [5.74, 6) is -0.960. The first-order valence-corrected chi connectivity index (χ1v) is 16.0. The first-order chi connectivity index (χ1) is 21.8. The van der Waals surface area contributed by atoms with Crippen molar-refractivity contribution in [2.45, 2.75) is 91.6 Å². The predicted octanol–water partition coefficient (Wildman–Crippen LogP) is 0.912. The number of aromatic nitrogens is 2. The van der Waals surface area contributed by atoms with Crippen LogP contribution in [0.2, 0.25) is 0 Å². The number of nitrogens with zero attached hydrogens (tertiary/aromatic N) is 3. The largest absolute Gasteiger partial charge is 0.497 e. The van der Waals surface area contributed by atoms with Gasteiger partial charge in [-0.3, -0.25) is 28.8 Å².